The van der Waals surface area contributed by atoms with Gasteiger partial charge in [-0.05, 0) is 79.2 Å². The van der Waals surface area contributed by atoms with Gasteiger partial charge in [0, 0.05) is 4.91 Å². The minimum absolute atomic E-state index is 0.245. The van der Waals surface area contributed by atoms with Crippen LogP contribution in [0.1, 0.15) is 73.6 Å². The Hall–Kier alpha value is -1.63. The van der Waals surface area contributed by atoms with Gasteiger partial charge in [-0.15, -0.1) is 0 Å². The van der Waals surface area contributed by atoms with Crippen LogP contribution in [-0.4, -0.2) is 15.9 Å². The predicted octanol–water partition coefficient (Wildman–Crippen LogP) is 7.61. The van der Waals surface area contributed by atoms with E-state index in [1.807, 2.05) is 47.6 Å². The van der Waals surface area contributed by atoms with E-state index in [4.69, 9.17) is 19.8 Å². The van der Waals surface area contributed by atoms with Gasteiger partial charge in [0.25, 0.3) is 0 Å². The average Bonchev–Trinajstić information content (AvgIpc) is 2.62. The van der Waals surface area contributed by atoms with E-state index in [1.54, 1.807) is 6.08 Å². The van der Waals surface area contributed by atoms with Crippen molar-refractivity contribution in [3.05, 3.63) is 57.0 Å². The van der Waals surface area contributed by atoms with Gasteiger partial charge >= 0.3 is 15.6 Å². The normalized spacial score (nSPS) is 15.2. The van der Waals surface area contributed by atoms with E-state index in [0.29, 0.717) is 6.42 Å². The van der Waals surface area contributed by atoms with Crippen molar-refractivity contribution in [3.8, 4) is 0 Å². The summed E-state index contributed by atoms with van der Waals surface area (Å²) in [5, 5.41) is 2.66. The number of azide groups is 1. The summed E-state index contributed by atoms with van der Waals surface area (Å²) in [6.07, 6.45) is 10.3. The zero-order valence-electron chi connectivity index (χ0n) is 19.6. The molecule has 0 aliphatic rings. The van der Waals surface area contributed by atoms with Gasteiger partial charge in [-0.3, -0.25) is 4.52 Å². The third kappa shape index (κ3) is 17.0. The molecular weight excluding hydrogens is 456 g/mol. The van der Waals surface area contributed by atoms with Crippen LogP contribution in [0.15, 0.2) is 51.9 Å². The second-order valence-electron chi connectivity index (χ2n) is 7.86. The monoisotopic (exact) mass is 491 g/mol. The number of nitrogens with zero attached hydrogens (tertiary/aromatic N) is 3. The van der Waals surface area contributed by atoms with E-state index in [0.717, 1.165) is 30.4 Å². The van der Waals surface area contributed by atoms with Crippen LogP contribution in [0.3, 0.4) is 0 Å². The minimum atomic E-state index is -5.26. The Morgan fingerprint density at radius 2 is 1.50 bits per heavy atom. The summed E-state index contributed by atoms with van der Waals surface area (Å²) in [4.78, 5) is 20.4. The van der Waals surface area contributed by atoms with Crippen molar-refractivity contribution in [1.82, 2.24) is 0 Å². The lowest BCUT2D eigenvalue weighted by Crippen LogP contribution is -2.10. The molecule has 2 unspecified atom stereocenters. The first-order valence-electron chi connectivity index (χ1n) is 10.1. The highest BCUT2D eigenvalue weighted by Crippen LogP contribution is 2.62. The quantitative estimate of drug-likeness (QED) is 0.0597. The molecule has 0 aliphatic carbocycles. The fourth-order valence-corrected chi connectivity index (χ4v) is 4.50. The molecule has 0 fully saturated rings. The number of hydrogen-bond acceptors (Lipinski definition) is 6. The van der Waals surface area contributed by atoms with Crippen molar-refractivity contribution in [2.75, 3.05) is 0 Å². The smallest absolute Gasteiger partial charge is 0.336 e. The molecule has 0 aromatic heterocycles. The Morgan fingerprint density at radius 1 is 0.969 bits per heavy atom. The molecule has 32 heavy (non-hydrogen) atoms. The van der Waals surface area contributed by atoms with Crippen molar-refractivity contribution in [1.29, 1.82) is 0 Å². The molecule has 0 radical (unpaired) electrons. The van der Waals surface area contributed by atoms with Crippen molar-refractivity contribution in [3.63, 3.8) is 0 Å². The molecule has 12 heteroatoms. The minimum Gasteiger partial charge on any atom is -0.336 e. The molecule has 0 saturated carbocycles. The molecule has 0 rings (SSSR count). The Kier molecular flexibility index (Phi) is 14.5. The first-order valence-corrected chi connectivity index (χ1v) is 13.1. The van der Waals surface area contributed by atoms with E-state index in [2.05, 4.69) is 31.3 Å². The van der Waals surface area contributed by atoms with Crippen LogP contribution < -0.4 is 0 Å². The fourth-order valence-electron chi connectivity index (χ4n) is 2.55. The highest BCUT2D eigenvalue weighted by molar-refractivity contribution is 7.61. The first kappa shape index (κ1) is 30.4. The van der Waals surface area contributed by atoms with E-state index in [9.17, 15) is 9.13 Å². The third-order valence-electron chi connectivity index (χ3n) is 4.00. The molecule has 0 saturated heterocycles. The maximum Gasteiger partial charge on any atom is 0.545 e. The van der Waals surface area contributed by atoms with Gasteiger partial charge in [0.05, 0.1) is 6.10 Å². The van der Waals surface area contributed by atoms with Crippen LogP contribution >= 0.6 is 15.6 Å². The molecule has 182 valence electrons. The summed E-state index contributed by atoms with van der Waals surface area (Å²) in [6.45, 7) is 11.8. The Bertz CT molecular complexity index is 860. The first-order chi connectivity index (χ1) is 14.8. The molecular formula is C20H35N3O7P2. The number of allylic oxidation sites excluding steroid dienone is 6. The Balaban J connectivity index is 5.68. The van der Waals surface area contributed by atoms with Crippen molar-refractivity contribution < 1.29 is 32.4 Å². The van der Waals surface area contributed by atoms with E-state index < -0.39 is 21.7 Å². The average molecular weight is 491 g/mol. The molecule has 0 amide bonds. The highest BCUT2D eigenvalue weighted by atomic mass is 31.3. The van der Waals surface area contributed by atoms with Gasteiger partial charge in [-0.1, -0.05) is 46.6 Å². The summed E-state index contributed by atoms with van der Waals surface area (Å²) in [5.41, 5.74) is 12.8. The Labute approximate surface area is 190 Å². The maximum absolute atomic E-state index is 12.7. The molecule has 0 aliphatic heterocycles. The van der Waals surface area contributed by atoms with Crippen LogP contribution in [-0.2, 0) is 22.6 Å². The predicted molar refractivity (Wildman–Crippen MR) is 125 cm³/mol. The second kappa shape index (κ2) is 15.3. The molecule has 10 nitrogen and oxygen atoms in total. The van der Waals surface area contributed by atoms with Crippen molar-refractivity contribution >= 4 is 15.6 Å². The lowest BCUT2D eigenvalue weighted by atomic mass is 10.0. The summed E-state index contributed by atoms with van der Waals surface area (Å²) in [7, 11) is -10.1. The molecule has 2 atom stereocenters. The zero-order valence-corrected chi connectivity index (χ0v) is 21.4. The van der Waals surface area contributed by atoms with Gasteiger partial charge in [0.1, 0.15) is 5.28 Å². The van der Waals surface area contributed by atoms with Gasteiger partial charge in [-0.2, -0.15) is 4.31 Å². The maximum atomic E-state index is 12.7. The molecule has 0 aromatic rings. The standard InChI is InChI=1S/C20H35N3O7P2/c1-16(2)9-7-11-18(5)13-14-20(15-19(6)12-8-10-17(3)4)28-32(27,29-23-22-21)30-31(24,25)26/h9-10,13,15,20H,7-8,11-12,14H2,1-6H3,(H2,24,25,26)/b18-13+,19-15+. The summed E-state index contributed by atoms with van der Waals surface area (Å²) >= 11 is 0. The second-order valence-corrected chi connectivity index (χ2v) is 10.8. The van der Waals surface area contributed by atoms with Crippen LogP contribution in [0.4, 0.5) is 0 Å². The fraction of sp³-hybridized carbons (Fsp3) is 0.600. The van der Waals surface area contributed by atoms with Crippen molar-refractivity contribution in [2.24, 2.45) is 5.28 Å². The third-order valence-corrected chi connectivity index (χ3v) is 6.45. The molecule has 0 bridgehead atoms. The van der Waals surface area contributed by atoms with Gasteiger partial charge in [-0.25, -0.2) is 9.13 Å². The molecule has 2 N–H and O–H groups in total. The number of hydrogen-bond donors (Lipinski definition) is 2. The van der Waals surface area contributed by atoms with Crippen molar-refractivity contribution in [2.45, 2.75) is 79.8 Å². The van der Waals surface area contributed by atoms with Crippen LogP contribution in [0.25, 0.3) is 10.4 Å². The van der Waals surface area contributed by atoms with E-state index >= 15 is 0 Å². The largest absolute Gasteiger partial charge is 0.545 e. The van der Waals surface area contributed by atoms with Gasteiger partial charge in [0.2, 0.25) is 0 Å². The lowest BCUT2D eigenvalue weighted by molar-refractivity contribution is 0.119. The lowest BCUT2D eigenvalue weighted by Gasteiger charge is -2.20. The number of rotatable bonds is 15. The van der Waals surface area contributed by atoms with E-state index in [1.165, 1.54) is 11.1 Å². The summed E-state index contributed by atoms with van der Waals surface area (Å²) in [6, 6.07) is 0. The summed E-state index contributed by atoms with van der Waals surface area (Å²) < 4.78 is 37.8. The SMILES string of the molecule is CC(C)=CCC/C(C)=C/CC(/C=C(\C)CCC=C(C)C)OP(=O)(ON=[N+]=[N-])OP(=O)(O)O. The highest BCUT2D eigenvalue weighted by Gasteiger charge is 2.39. The molecule has 0 aromatic carbocycles. The topological polar surface area (TPSA) is 151 Å². The zero-order chi connectivity index (χ0) is 24.8. The number of phosphoric acid groups is 2. The van der Waals surface area contributed by atoms with Gasteiger partial charge < -0.3 is 14.4 Å². The van der Waals surface area contributed by atoms with Crippen LogP contribution in [0.2, 0.25) is 0 Å². The Morgan fingerprint density at radius 3 is 1.97 bits per heavy atom. The van der Waals surface area contributed by atoms with Gasteiger partial charge in [0.15, 0.2) is 0 Å². The molecule has 0 spiro atoms. The van der Waals surface area contributed by atoms with Crippen LogP contribution in [0.5, 0.6) is 0 Å². The van der Waals surface area contributed by atoms with E-state index in [-0.39, 0.29) is 6.42 Å². The summed E-state index contributed by atoms with van der Waals surface area (Å²) in [5.74, 6) is 0. The van der Waals surface area contributed by atoms with Crippen LogP contribution in [0, 0.1) is 0 Å². The molecule has 0 heterocycles.